The van der Waals surface area contributed by atoms with Crippen molar-refractivity contribution in [1.82, 2.24) is 15.5 Å². The van der Waals surface area contributed by atoms with Gasteiger partial charge in [-0.05, 0) is 25.2 Å². The number of para-hydroxylation sites is 1. The number of ether oxygens (including phenoxy) is 2. The van der Waals surface area contributed by atoms with E-state index in [4.69, 9.17) is 4.74 Å². The molecule has 1 atom stereocenters. The molecule has 0 bridgehead atoms. The van der Waals surface area contributed by atoms with Crippen LogP contribution in [-0.2, 0) is 11.3 Å². The van der Waals surface area contributed by atoms with Crippen molar-refractivity contribution in [3.63, 3.8) is 0 Å². The molecule has 2 aliphatic heterocycles. The number of nitrogens with zero attached hydrogens (tertiary/aromatic N) is 2. The van der Waals surface area contributed by atoms with Gasteiger partial charge in [-0.1, -0.05) is 18.2 Å². The molecule has 1 aromatic rings. The first-order valence-corrected chi connectivity index (χ1v) is 11.2. The zero-order valence-electron chi connectivity index (χ0n) is 17.2. The first-order valence-electron chi connectivity index (χ1n) is 10.1. The summed E-state index contributed by atoms with van der Waals surface area (Å²) in [6.45, 7) is 4.40. The van der Waals surface area contributed by atoms with E-state index in [1.807, 2.05) is 18.7 Å². The quantitative estimate of drug-likeness (QED) is 0.292. The zero-order chi connectivity index (χ0) is 20.5. The largest absolute Gasteiger partial charge is 0.434 e. The lowest BCUT2D eigenvalue weighted by molar-refractivity contribution is -0.0504. The first kappa shape index (κ1) is 25.4. The molecular weight excluding hydrogens is 525 g/mol. The molecule has 0 radical (unpaired) electrons. The predicted molar refractivity (Wildman–Crippen MR) is 128 cm³/mol. The molecule has 1 unspecified atom stereocenters. The number of alkyl halides is 2. The number of guanidine groups is 1. The van der Waals surface area contributed by atoms with E-state index < -0.39 is 6.61 Å². The highest BCUT2D eigenvalue weighted by molar-refractivity contribution is 14.0. The molecule has 1 aromatic carbocycles. The highest BCUT2D eigenvalue weighted by Crippen LogP contribution is 2.33. The molecule has 2 heterocycles. The van der Waals surface area contributed by atoms with Crippen molar-refractivity contribution in [1.29, 1.82) is 0 Å². The number of thioether (sulfide) groups is 1. The monoisotopic (exact) mass is 556 g/mol. The Bertz CT molecular complexity index is 672. The van der Waals surface area contributed by atoms with Crippen LogP contribution in [-0.4, -0.2) is 73.9 Å². The number of aliphatic imine (C=N–C) groups is 1. The van der Waals surface area contributed by atoms with E-state index in [0.29, 0.717) is 11.5 Å². The van der Waals surface area contributed by atoms with Crippen molar-refractivity contribution in [3.8, 4) is 5.75 Å². The van der Waals surface area contributed by atoms with Crippen LogP contribution in [0.1, 0.15) is 18.9 Å². The van der Waals surface area contributed by atoms with Crippen LogP contribution >= 0.6 is 35.7 Å². The maximum absolute atomic E-state index is 12.6. The van der Waals surface area contributed by atoms with Gasteiger partial charge in [0.2, 0.25) is 0 Å². The lowest BCUT2D eigenvalue weighted by Crippen LogP contribution is -2.60. The van der Waals surface area contributed by atoms with Crippen molar-refractivity contribution in [2.75, 3.05) is 50.9 Å². The van der Waals surface area contributed by atoms with E-state index in [1.54, 1.807) is 24.3 Å². The highest BCUT2D eigenvalue weighted by Gasteiger charge is 2.40. The molecule has 3 rings (SSSR count). The molecule has 0 aliphatic carbocycles. The van der Waals surface area contributed by atoms with E-state index in [2.05, 4.69) is 25.3 Å². The second-order valence-corrected chi connectivity index (χ2v) is 8.27. The minimum absolute atomic E-state index is 0. The molecule has 170 valence electrons. The zero-order valence-corrected chi connectivity index (χ0v) is 20.4. The lowest BCUT2D eigenvalue weighted by Gasteiger charge is -2.43. The Kier molecular flexibility index (Phi) is 10.9. The van der Waals surface area contributed by atoms with Gasteiger partial charge in [0.25, 0.3) is 0 Å². The Balaban J connectivity index is 0.00000320. The van der Waals surface area contributed by atoms with Crippen LogP contribution in [0.3, 0.4) is 0 Å². The average Bonchev–Trinajstić information content (AvgIpc) is 3.21. The summed E-state index contributed by atoms with van der Waals surface area (Å²) < 4.78 is 35.4. The third-order valence-corrected chi connectivity index (χ3v) is 6.52. The molecule has 2 fully saturated rings. The number of morpholine rings is 1. The standard InChI is InChI=1S/C20H30F2N4O2S.HI/c1-2-23-19(24-13-16-5-3-4-6-17(16)28-18(21)22)25-14-20(7-12-29-15-20)26-8-10-27-11-9-26;/h3-6,18H,2,7-15H2,1H3,(H2,23,24,25);1H. The van der Waals surface area contributed by atoms with E-state index in [-0.39, 0.29) is 41.8 Å². The normalized spacial score (nSPS) is 22.6. The summed E-state index contributed by atoms with van der Waals surface area (Å²) in [5.41, 5.74) is 0.728. The third-order valence-electron chi connectivity index (χ3n) is 5.29. The van der Waals surface area contributed by atoms with Gasteiger partial charge < -0.3 is 20.1 Å². The SMILES string of the molecule is CCNC(=NCc1ccccc1OC(F)F)NCC1(N2CCOCC2)CCSC1.I. The van der Waals surface area contributed by atoms with Gasteiger partial charge in [0.15, 0.2) is 5.96 Å². The average molecular weight is 556 g/mol. The first-order chi connectivity index (χ1) is 14.1. The number of benzene rings is 1. The summed E-state index contributed by atoms with van der Waals surface area (Å²) >= 11 is 1.99. The summed E-state index contributed by atoms with van der Waals surface area (Å²) in [5, 5.41) is 6.74. The number of halogens is 3. The van der Waals surface area contributed by atoms with Crippen molar-refractivity contribution in [3.05, 3.63) is 29.8 Å². The fourth-order valence-electron chi connectivity index (χ4n) is 3.73. The second-order valence-electron chi connectivity index (χ2n) is 7.16. The molecule has 0 amide bonds. The molecular formula is C20H31F2IN4O2S. The lowest BCUT2D eigenvalue weighted by atomic mass is 9.95. The van der Waals surface area contributed by atoms with Gasteiger partial charge >= 0.3 is 6.61 Å². The Labute approximate surface area is 198 Å². The predicted octanol–water partition coefficient (Wildman–Crippen LogP) is 3.17. The van der Waals surface area contributed by atoms with Gasteiger partial charge in [0, 0.05) is 43.0 Å². The van der Waals surface area contributed by atoms with Gasteiger partial charge in [-0.3, -0.25) is 4.90 Å². The summed E-state index contributed by atoms with van der Waals surface area (Å²) in [7, 11) is 0. The Morgan fingerprint density at radius 3 is 2.73 bits per heavy atom. The topological polar surface area (TPSA) is 58.1 Å². The summed E-state index contributed by atoms with van der Waals surface area (Å²) in [6.07, 6.45) is 1.13. The van der Waals surface area contributed by atoms with Crippen LogP contribution in [0.4, 0.5) is 8.78 Å². The van der Waals surface area contributed by atoms with E-state index in [1.165, 1.54) is 0 Å². The van der Waals surface area contributed by atoms with Crippen LogP contribution in [0.2, 0.25) is 0 Å². The molecule has 0 spiro atoms. The summed E-state index contributed by atoms with van der Waals surface area (Å²) in [5.74, 6) is 3.10. The summed E-state index contributed by atoms with van der Waals surface area (Å²) in [4.78, 5) is 7.15. The van der Waals surface area contributed by atoms with Gasteiger partial charge in [-0.15, -0.1) is 24.0 Å². The molecule has 10 heteroatoms. The van der Waals surface area contributed by atoms with E-state index >= 15 is 0 Å². The Morgan fingerprint density at radius 2 is 2.07 bits per heavy atom. The smallest absolute Gasteiger partial charge is 0.387 e. The van der Waals surface area contributed by atoms with Gasteiger partial charge in [-0.2, -0.15) is 20.5 Å². The Morgan fingerprint density at radius 1 is 1.30 bits per heavy atom. The van der Waals surface area contributed by atoms with Gasteiger partial charge in [0.05, 0.1) is 19.8 Å². The van der Waals surface area contributed by atoms with Crippen molar-refractivity contribution in [2.45, 2.75) is 32.0 Å². The number of hydrogen-bond acceptors (Lipinski definition) is 5. The number of hydrogen-bond donors (Lipinski definition) is 2. The maximum atomic E-state index is 12.6. The number of nitrogens with one attached hydrogen (secondary N) is 2. The van der Waals surface area contributed by atoms with Crippen molar-refractivity contribution in [2.24, 2.45) is 4.99 Å². The number of rotatable bonds is 8. The third kappa shape index (κ3) is 7.10. The van der Waals surface area contributed by atoms with Crippen LogP contribution in [0.25, 0.3) is 0 Å². The van der Waals surface area contributed by atoms with Gasteiger partial charge in [0.1, 0.15) is 5.75 Å². The Hall–Kier alpha value is -0.850. The van der Waals surface area contributed by atoms with Crippen molar-refractivity contribution < 1.29 is 18.3 Å². The molecule has 0 aromatic heterocycles. The molecule has 0 saturated carbocycles. The molecule has 2 saturated heterocycles. The van der Waals surface area contributed by atoms with Crippen LogP contribution in [0.5, 0.6) is 5.75 Å². The second kappa shape index (κ2) is 12.9. The minimum atomic E-state index is -2.85. The minimum Gasteiger partial charge on any atom is -0.434 e. The fourth-order valence-corrected chi connectivity index (χ4v) is 5.21. The van der Waals surface area contributed by atoms with Crippen LogP contribution in [0, 0.1) is 0 Å². The van der Waals surface area contributed by atoms with Crippen molar-refractivity contribution >= 4 is 41.7 Å². The summed E-state index contributed by atoms with van der Waals surface area (Å²) in [6, 6.07) is 6.78. The van der Waals surface area contributed by atoms with Crippen LogP contribution in [0.15, 0.2) is 29.3 Å². The van der Waals surface area contributed by atoms with E-state index in [9.17, 15) is 8.78 Å². The molecule has 6 nitrogen and oxygen atoms in total. The molecule has 2 aliphatic rings. The highest BCUT2D eigenvalue weighted by atomic mass is 127. The van der Waals surface area contributed by atoms with Gasteiger partial charge in [-0.25, -0.2) is 4.99 Å². The van der Waals surface area contributed by atoms with E-state index in [0.717, 1.165) is 57.3 Å². The molecule has 30 heavy (non-hydrogen) atoms. The molecule has 2 N–H and O–H groups in total. The fraction of sp³-hybridized carbons (Fsp3) is 0.650. The van der Waals surface area contributed by atoms with Crippen LogP contribution < -0.4 is 15.4 Å². The maximum Gasteiger partial charge on any atom is 0.387 e.